The topological polar surface area (TPSA) is 89.9 Å². The summed E-state index contributed by atoms with van der Waals surface area (Å²) in [6.07, 6.45) is 2.47. The minimum absolute atomic E-state index is 0.318. The van der Waals surface area contributed by atoms with Gasteiger partial charge >= 0.3 is 23.7 Å². The number of aliphatic carboxylic acids is 1. The highest BCUT2D eigenvalue weighted by Gasteiger charge is 2.46. The number of carbonyl (C=O) groups excluding carboxylic acids is 2. The first-order chi connectivity index (χ1) is 7.00. The minimum atomic E-state index is -2.31. The summed E-state index contributed by atoms with van der Waals surface area (Å²) in [5.74, 6) is -5.78. The third-order valence-corrected chi connectivity index (χ3v) is 1.63. The molecule has 15 heavy (non-hydrogen) atoms. The van der Waals surface area contributed by atoms with Gasteiger partial charge < -0.3 is 14.6 Å². The van der Waals surface area contributed by atoms with Gasteiger partial charge in [-0.1, -0.05) is 6.08 Å². The molecule has 0 aromatic carbocycles. The van der Waals surface area contributed by atoms with E-state index in [4.69, 9.17) is 5.11 Å². The van der Waals surface area contributed by atoms with Gasteiger partial charge in [-0.2, -0.15) is 0 Å². The van der Waals surface area contributed by atoms with Crippen LogP contribution in [0.5, 0.6) is 0 Å². The number of carboxylic acids is 1. The molecule has 0 spiro atoms. The van der Waals surface area contributed by atoms with Crippen LogP contribution in [-0.2, 0) is 23.9 Å². The Bertz CT molecular complexity index is 334. The van der Waals surface area contributed by atoms with Crippen molar-refractivity contribution in [2.24, 2.45) is 0 Å². The molecule has 1 N–H and O–H groups in total. The van der Waals surface area contributed by atoms with Crippen molar-refractivity contribution in [2.45, 2.75) is 12.2 Å². The van der Waals surface area contributed by atoms with E-state index in [0.29, 0.717) is 0 Å². The van der Waals surface area contributed by atoms with Crippen molar-refractivity contribution in [3.63, 3.8) is 0 Å². The van der Waals surface area contributed by atoms with Crippen LogP contribution < -0.4 is 0 Å². The lowest BCUT2D eigenvalue weighted by atomic mass is 10.2. The predicted molar refractivity (Wildman–Crippen MR) is 46.5 cm³/mol. The SMILES string of the molecule is C=CCC1(C(=O)O)OC(=O)C=CC(=O)O1. The number of hydrogen-bond donors (Lipinski definition) is 1. The van der Waals surface area contributed by atoms with Gasteiger partial charge in [0.1, 0.15) is 0 Å². The quantitative estimate of drug-likeness (QED) is 0.523. The first-order valence-corrected chi connectivity index (χ1v) is 3.98. The van der Waals surface area contributed by atoms with Gasteiger partial charge in [0, 0.05) is 12.2 Å². The molecule has 0 saturated carbocycles. The standard InChI is InChI=1S/C9H8O6/c1-2-5-9(8(12)13)14-6(10)3-4-7(11)15-9/h2-4H,1,5H2,(H,12,13). The van der Waals surface area contributed by atoms with Gasteiger partial charge in [0.05, 0.1) is 6.42 Å². The molecule has 0 fully saturated rings. The summed E-state index contributed by atoms with van der Waals surface area (Å²) in [5.41, 5.74) is 0. The van der Waals surface area contributed by atoms with Crippen molar-refractivity contribution >= 4 is 17.9 Å². The maximum Gasteiger partial charge on any atom is 0.390 e. The molecule has 0 unspecified atom stereocenters. The van der Waals surface area contributed by atoms with E-state index in [0.717, 1.165) is 12.2 Å². The van der Waals surface area contributed by atoms with E-state index in [2.05, 4.69) is 16.1 Å². The van der Waals surface area contributed by atoms with Crippen LogP contribution in [0.1, 0.15) is 6.42 Å². The van der Waals surface area contributed by atoms with Gasteiger partial charge in [-0.3, -0.25) is 0 Å². The number of esters is 2. The average molecular weight is 212 g/mol. The molecule has 0 amide bonds. The van der Waals surface area contributed by atoms with Crippen molar-refractivity contribution < 1.29 is 29.0 Å². The van der Waals surface area contributed by atoms with Gasteiger partial charge in [-0.15, -0.1) is 6.58 Å². The van der Waals surface area contributed by atoms with Crippen LogP contribution in [0.15, 0.2) is 24.8 Å². The average Bonchev–Trinajstić information content (AvgIpc) is 2.27. The second-order valence-electron chi connectivity index (χ2n) is 2.73. The molecule has 0 bridgehead atoms. The predicted octanol–water partition coefficient (Wildman–Crippen LogP) is -0.000400. The van der Waals surface area contributed by atoms with Crippen LogP contribution in [-0.4, -0.2) is 28.8 Å². The molecule has 0 aliphatic carbocycles. The molecular weight excluding hydrogens is 204 g/mol. The highest BCUT2D eigenvalue weighted by atomic mass is 16.7. The number of rotatable bonds is 3. The molecule has 6 nitrogen and oxygen atoms in total. The van der Waals surface area contributed by atoms with E-state index in [-0.39, 0.29) is 6.42 Å². The van der Waals surface area contributed by atoms with Crippen molar-refractivity contribution in [1.82, 2.24) is 0 Å². The summed E-state index contributed by atoms with van der Waals surface area (Å²) in [6.45, 7) is 3.30. The van der Waals surface area contributed by atoms with Gasteiger partial charge in [-0.25, -0.2) is 14.4 Å². The van der Waals surface area contributed by atoms with E-state index in [1.807, 2.05) is 0 Å². The van der Waals surface area contributed by atoms with Gasteiger partial charge in [-0.05, 0) is 0 Å². The summed E-state index contributed by atoms with van der Waals surface area (Å²) >= 11 is 0. The zero-order valence-electron chi connectivity index (χ0n) is 7.63. The number of hydrogen-bond acceptors (Lipinski definition) is 5. The molecule has 0 saturated heterocycles. The molecule has 0 aromatic heterocycles. The number of cyclic esters (lactones) is 2. The fraction of sp³-hybridized carbons (Fsp3) is 0.222. The Morgan fingerprint density at radius 2 is 1.87 bits per heavy atom. The molecule has 1 rings (SSSR count). The monoisotopic (exact) mass is 212 g/mol. The van der Waals surface area contributed by atoms with E-state index in [1.54, 1.807) is 0 Å². The summed E-state index contributed by atoms with van der Waals surface area (Å²) in [4.78, 5) is 32.8. The molecule has 0 atom stereocenters. The summed E-state index contributed by atoms with van der Waals surface area (Å²) < 4.78 is 9.06. The second-order valence-corrected chi connectivity index (χ2v) is 2.73. The normalized spacial score (nSPS) is 18.7. The highest BCUT2D eigenvalue weighted by molar-refractivity contribution is 5.96. The summed E-state index contributed by atoms with van der Waals surface area (Å²) in [7, 11) is 0. The minimum Gasteiger partial charge on any atom is -0.475 e. The van der Waals surface area contributed by atoms with Gasteiger partial charge in [0.25, 0.3) is 0 Å². The van der Waals surface area contributed by atoms with E-state index < -0.39 is 23.7 Å². The zero-order chi connectivity index (χ0) is 11.5. The van der Waals surface area contributed by atoms with E-state index in [9.17, 15) is 14.4 Å². The van der Waals surface area contributed by atoms with Crippen molar-refractivity contribution in [3.05, 3.63) is 24.8 Å². The Morgan fingerprint density at radius 3 is 2.20 bits per heavy atom. The Kier molecular flexibility index (Phi) is 2.89. The maximum atomic E-state index is 11.0. The number of carbonyl (C=O) groups is 3. The van der Waals surface area contributed by atoms with E-state index in [1.165, 1.54) is 6.08 Å². The number of carboxylic acid groups (broad SMARTS) is 1. The van der Waals surface area contributed by atoms with Crippen molar-refractivity contribution in [3.8, 4) is 0 Å². The largest absolute Gasteiger partial charge is 0.475 e. The Balaban J connectivity index is 3.07. The smallest absolute Gasteiger partial charge is 0.390 e. The molecule has 1 heterocycles. The van der Waals surface area contributed by atoms with E-state index >= 15 is 0 Å². The molecule has 0 aromatic rings. The molecule has 6 heteroatoms. The lowest BCUT2D eigenvalue weighted by molar-refractivity contribution is -0.229. The third kappa shape index (κ3) is 2.22. The number of ether oxygens (including phenoxy) is 2. The third-order valence-electron chi connectivity index (χ3n) is 1.63. The molecule has 0 radical (unpaired) electrons. The van der Waals surface area contributed by atoms with Crippen LogP contribution in [0.25, 0.3) is 0 Å². The molecule has 80 valence electrons. The fourth-order valence-electron chi connectivity index (χ4n) is 0.998. The first kappa shape index (κ1) is 11.0. The van der Waals surface area contributed by atoms with Crippen LogP contribution >= 0.6 is 0 Å². The van der Waals surface area contributed by atoms with Crippen LogP contribution in [0, 0.1) is 0 Å². The highest BCUT2D eigenvalue weighted by Crippen LogP contribution is 2.22. The Labute approximate surface area is 84.8 Å². The molecule has 1 aliphatic heterocycles. The Morgan fingerprint density at radius 1 is 1.40 bits per heavy atom. The summed E-state index contributed by atoms with van der Waals surface area (Å²) in [5, 5.41) is 8.85. The lowest BCUT2D eigenvalue weighted by Gasteiger charge is -2.24. The van der Waals surface area contributed by atoms with Crippen molar-refractivity contribution in [2.75, 3.05) is 0 Å². The zero-order valence-corrected chi connectivity index (χ0v) is 7.63. The maximum absolute atomic E-state index is 11.0. The van der Waals surface area contributed by atoms with Crippen LogP contribution in [0.4, 0.5) is 0 Å². The second kappa shape index (κ2) is 3.95. The van der Waals surface area contributed by atoms with Gasteiger partial charge in [0.2, 0.25) is 0 Å². The van der Waals surface area contributed by atoms with Crippen molar-refractivity contribution in [1.29, 1.82) is 0 Å². The Hall–Kier alpha value is -2.11. The summed E-state index contributed by atoms with van der Waals surface area (Å²) in [6, 6.07) is 0. The first-order valence-electron chi connectivity index (χ1n) is 3.98. The van der Waals surface area contributed by atoms with Crippen LogP contribution in [0.2, 0.25) is 0 Å². The molecular formula is C9H8O6. The van der Waals surface area contributed by atoms with Crippen LogP contribution in [0.3, 0.4) is 0 Å². The molecule has 1 aliphatic rings. The lowest BCUT2D eigenvalue weighted by Crippen LogP contribution is -2.45. The van der Waals surface area contributed by atoms with Gasteiger partial charge in [0.15, 0.2) is 0 Å². The fourth-order valence-corrected chi connectivity index (χ4v) is 0.998.